The van der Waals surface area contributed by atoms with Crippen LogP contribution in [0.2, 0.25) is 0 Å². The largest absolute Gasteiger partial charge is 0.307 e. The van der Waals surface area contributed by atoms with Crippen molar-refractivity contribution in [2.24, 2.45) is 5.92 Å². The van der Waals surface area contributed by atoms with Crippen molar-refractivity contribution in [3.63, 3.8) is 0 Å². The summed E-state index contributed by atoms with van der Waals surface area (Å²) in [6, 6.07) is 11.1. The van der Waals surface area contributed by atoms with Gasteiger partial charge < -0.3 is 5.32 Å². The SMILES string of the molecule is CC(C)CC(NC(C)CS(C)=O)c1ccccc1. The first-order valence-electron chi connectivity index (χ1n) is 6.60. The molecule has 0 aliphatic carbocycles. The van der Waals surface area contributed by atoms with E-state index in [1.54, 1.807) is 6.26 Å². The molecule has 0 fully saturated rings. The summed E-state index contributed by atoms with van der Waals surface area (Å²) in [6.07, 6.45) is 2.86. The van der Waals surface area contributed by atoms with Gasteiger partial charge in [-0.2, -0.15) is 0 Å². The Bertz CT molecular complexity index is 364. The summed E-state index contributed by atoms with van der Waals surface area (Å²) in [5.74, 6) is 1.35. The van der Waals surface area contributed by atoms with Gasteiger partial charge in [-0.25, -0.2) is 0 Å². The molecule has 0 aliphatic rings. The second-order valence-corrected chi connectivity index (χ2v) is 6.88. The van der Waals surface area contributed by atoms with Crippen LogP contribution in [-0.2, 0) is 10.8 Å². The topological polar surface area (TPSA) is 29.1 Å². The summed E-state index contributed by atoms with van der Waals surface area (Å²) in [4.78, 5) is 0. The van der Waals surface area contributed by atoms with Crippen LogP contribution in [0.25, 0.3) is 0 Å². The highest BCUT2D eigenvalue weighted by Crippen LogP contribution is 2.21. The van der Waals surface area contributed by atoms with Crippen molar-refractivity contribution in [1.82, 2.24) is 5.32 Å². The Morgan fingerprint density at radius 1 is 1.17 bits per heavy atom. The molecule has 1 N–H and O–H groups in total. The fourth-order valence-electron chi connectivity index (χ4n) is 2.20. The molecule has 3 heteroatoms. The summed E-state index contributed by atoms with van der Waals surface area (Å²) < 4.78 is 11.3. The lowest BCUT2D eigenvalue weighted by Gasteiger charge is -2.25. The molecule has 0 amide bonds. The third-order valence-electron chi connectivity index (χ3n) is 2.88. The van der Waals surface area contributed by atoms with Crippen molar-refractivity contribution in [3.8, 4) is 0 Å². The first-order chi connectivity index (χ1) is 8.49. The van der Waals surface area contributed by atoms with E-state index in [1.807, 2.05) is 6.07 Å². The lowest BCUT2D eigenvalue weighted by atomic mass is 9.96. The van der Waals surface area contributed by atoms with Crippen molar-refractivity contribution < 1.29 is 4.21 Å². The van der Waals surface area contributed by atoms with Crippen molar-refractivity contribution in [2.75, 3.05) is 12.0 Å². The Hall–Kier alpha value is -0.670. The fourth-order valence-corrected chi connectivity index (χ4v) is 3.00. The smallest absolute Gasteiger partial charge is 0.0383 e. The zero-order valence-electron chi connectivity index (χ0n) is 11.8. The molecule has 18 heavy (non-hydrogen) atoms. The predicted octanol–water partition coefficient (Wildman–Crippen LogP) is 3.13. The van der Waals surface area contributed by atoms with Gasteiger partial charge >= 0.3 is 0 Å². The summed E-state index contributed by atoms with van der Waals surface area (Å²) in [6.45, 7) is 6.58. The molecule has 1 aromatic carbocycles. The molecule has 1 rings (SSSR count). The summed E-state index contributed by atoms with van der Waals surface area (Å²) in [5, 5.41) is 3.60. The summed E-state index contributed by atoms with van der Waals surface area (Å²) in [7, 11) is -0.744. The van der Waals surface area contributed by atoms with Gasteiger partial charge in [0.2, 0.25) is 0 Å². The summed E-state index contributed by atoms with van der Waals surface area (Å²) >= 11 is 0. The Balaban J connectivity index is 2.70. The molecule has 0 heterocycles. The Morgan fingerprint density at radius 2 is 1.78 bits per heavy atom. The van der Waals surface area contributed by atoms with Gasteiger partial charge in [-0.1, -0.05) is 44.2 Å². The highest BCUT2D eigenvalue weighted by atomic mass is 32.2. The highest BCUT2D eigenvalue weighted by Gasteiger charge is 2.16. The molecule has 0 saturated heterocycles. The molecule has 0 bridgehead atoms. The van der Waals surface area contributed by atoms with Gasteiger partial charge in [0.25, 0.3) is 0 Å². The maximum Gasteiger partial charge on any atom is 0.0383 e. The minimum atomic E-state index is -0.744. The second-order valence-electron chi connectivity index (χ2n) is 5.40. The number of benzene rings is 1. The average Bonchev–Trinajstić information content (AvgIpc) is 2.27. The number of rotatable bonds is 7. The van der Waals surface area contributed by atoms with Gasteiger partial charge in [0.1, 0.15) is 0 Å². The molecule has 2 nitrogen and oxygen atoms in total. The zero-order chi connectivity index (χ0) is 13.5. The van der Waals surface area contributed by atoms with E-state index in [0.29, 0.717) is 17.7 Å². The average molecular weight is 267 g/mol. The first-order valence-corrected chi connectivity index (χ1v) is 8.32. The van der Waals surface area contributed by atoms with Crippen LogP contribution in [0.4, 0.5) is 0 Å². The third kappa shape index (κ3) is 5.78. The number of nitrogens with one attached hydrogen (secondary N) is 1. The van der Waals surface area contributed by atoms with Crippen molar-refractivity contribution in [1.29, 1.82) is 0 Å². The van der Waals surface area contributed by atoms with E-state index < -0.39 is 10.8 Å². The zero-order valence-corrected chi connectivity index (χ0v) is 12.7. The van der Waals surface area contributed by atoms with Crippen LogP contribution in [0, 0.1) is 5.92 Å². The number of hydrogen-bond acceptors (Lipinski definition) is 2. The van der Waals surface area contributed by atoms with Crippen LogP contribution in [0.5, 0.6) is 0 Å². The van der Waals surface area contributed by atoms with E-state index in [1.165, 1.54) is 5.56 Å². The van der Waals surface area contributed by atoms with Crippen molar-refractivity contribution in [3.05, 3.63) is 35.9 Å². The highest BCUT2D eigenvalue weighted by molar-refractivity contribution is 7.84. The van der Waals surface area contributed by atoms with E-state index >= 15 is 0 Å². The van der Waals surface area contributed by atoms with Crippen molar-refractivity contribution in [2.45, 2.75) is 39.3 Å². The van der Waals surface area contributed by atoms with Crippen LogP contribution in [0.1, 0.15) is 38.8 Å². The van der Waals surface area contributed by atoms with E-state index in [4.69, 9.17) is 0 Å². The third-order valence-corrected chi connectivity index (χ3v) is 3.85. The van der Waals surface area contributed by atoms with Crippen LogP contribution < -0.4 is 5.32 Å². The van der Waals surface area contributed by atoms with E-state index in [2.05, 4.69) is 50.4 Å². The van der Waals surface area contributed by atoms with Crippen LogP contribution in [-0.4, -0.2) is 22.3 Å². The maximum atomic E-state index is 11.3. The van der Waals surface area contributed by atoms with Gasteiger partial charge in [0, 0.05) is 34.9 Å². The lowest BCUT2D eigenvalue weighted by molar-refractivity contribution is 0.402. The van der Waals surface area contributed by atoms with Crippen LogP contribution >= 0.6 is 0 Å². The van der Waals surface area contributed by atoms with Gasteiger partial charge in [0.15, 0.2) is 0 Å². The monoisotopic (exact) mass is 267 g/mol. The Labute approximate surface area is 114 Å². The minimum Gasteiger partial charge on any atom is -0.307 e. The van der Waals surface area contributed by atoms with Gasteiger partial charge in [-0.15, -0.1) is 0 Å². The lowest BCUT2D eigenvalue weighted by Crippen LogP contribution is -2.35. The minimum absolute atomic E-state index is 0.278. The molecular weight excluding hydrogens is 242 g/mol. The van der Waals surface area contributed by atoms with Gasteiger partial charge in [-0.05, 0) is 24.8 Å². The first kappa shape index (κ1) is 15.4. The van der Waals surface area contributed by atoms with Gasteiger partial charge in [0.05, 0.1) is 0 Å². The molecule has 3 atom stereocenters. The maximum absolute atomic E-state index is 11.3. The Kier molecular flexibility index (Phi) is 6.58. The molecular formula is C15H25NOS. The molecule has 0 saturated carbocycles. The van der Waals surface area contributed by atoms with Crippen LogP contribution in [0.3, 0.4) is 0 Å². The second kappa shape index (κ2) is 7.70. The molecule has 1 aromatic rings. The van der Waals surface area contributed by atoms with Crippen molar-refractivity contribution >= 4 is 10.8 Å². The molecule has 0 radical (unpaired) electrons. The number of hydrogen-bond donors (Lipinski definition) is 1. The quantitative estimate of drug-likeness (QED) is 0.822. The molecule has 102 valence electrons. The fraction of sp³-hybridized carbons (Fsp3) is 0.600. The van der Waals surface area contributed by atoms with E-state index in [-0.39, 0.29) is 6.04 Å². The van der Waals surface area contributed by atoms with Crippen LogP contribution in [0.15, 0.2) is 30.3 Å². The summed E-state index contributed by atoms with van der Waals surface area (Å²) in [5.41, 5.74) is 1.32. The van der Waals surface area contributed by atoms with E-state index in [9.17, 15) is 4.21 Å². The molecule has 0 aromatic heterocycles. The van der Waals surface area contributed by atoms with E-state index in [0.717, 1.165) is 6.42 Å². The molecule has 0 aliphatic heterocycles. The normalized spacial score (nSPS) is 16.5. The standard InChI is InChI=1S/C15H25NOS/c1-12(2)10-15(14-8-6-5-7-9-14)16-13(3)11-18(4)17/h5-9,12-13,15-16H,10-11H2,1-4H3. The Morgan fingerprint density at radius 3 is 2.28 bits per heavy atom. The van der Waals surface area contributed by atoms with Gasteiger partial charge in [-0.3, -0.25) is 4.21 Å². The molecule has 3 unspecified atom stereocenters. The predicted molar refractivity (Wildman–Crippen MR) is 80.2 cm³/mol. The molecule has 0 spiro atoms.